The fourth-order valence-electron chi connectivity index (χ4n) is 3.77. The minimum Gasteiger partial charge on any atom is -0.497 e. The van der Waals surface area contributed by atoms with Crippen molar-refractivity contribution in [2.24, 2.45) is 0 Å². The maximum absolute atomic E-state index is 13.5. The maximum atomic E-state index is 13.5. The molecule has 0 radical (unpaired) electrons. The zero-order valence-electron chi connectivity index (χ0n) is 17.2. The Bertz CT molecular complexity index is 863. The summed E-state index contributed by atoms with van der Waals surface area (Å²) in [6, 6.07) is 8.72. The first-order chi connectivity index (χ1) is 14.8. The molecule has 2 amide bonds. The molecule has 3 rings (SSSR count). The highest BCUT2D eigenvalue weighted by Gasteiger charge is 2.46. The quantitative estimate of drug-likeness (QED) is 0.640. The zero-order valence-corrected chi connectivity index (χ0v) is 18.0. The number of hydrogen-bond acceptors (Lipinski definition) is 4. The van der Waals surface area contributed by atoms with E-state index in [4.69, 9.17) is 4.74 Å². The van der Waals surface area contributed by atoms with Gasteiger partial charge in [-0.25, -0.2) is 0 Å². The average Bonchev–Trinajstić information content (AvgIpc) is 3.44. The number of ether oxygens (including phenoxy) is 1. The largest absolute Gasteiger partial charge is 0.497 e. The molecule has 0 unspecified atom stereocenters. The summed E-state index contributed by atoms with van der Waals surface area (Å²) in [6.45, 7) is -0.245. The molecule has 0 spiro atoms. The first kappa shape index (κ1) is 23.1. The molecule has 168 valence electrons. The van der Waals surface area contributed by atoms with Crippen LogP contribution in [0.4, 0.5) is 13.2 Å². The molecule has 1 aliphatic carbocycles. The third-order valence-corrected chi connectivity index (χ3v) is 6.30. The predicted octanol–water partition coefficient (Wildman–Crippen LogP) is 4.49. The first-order valence-corrected chi connectivity index (χ1v) is 11.0. The van der Waals surface area contributed by atoms with Crippen molar-refractivity contribution in [3.05, 3.63) is 52.2 Å². The van der Waals surface area contributed by atoms with Crippen LogP contribution in [0.2, 0.25) is 0 Å². The minimum atomic E-state index is -5.08. The summed E-state index contributed by atoms with van der Waals surface area (Å²) in [5, 5.41) is 4.54. The van der Waals surface area contributed by atoms with E-state index < -0.39 is 24.0 Å². The van der Waals surface area contributed by atoms with Crippen LogP contribution in [0.5, 0.6) is 5.75 Å². The number of nitrogens with one attached hydrogen (secondary N) is 1. The van der Waals surface area contributed by atoms with Gasteiger partial charge >= 0.3 is 12.1 Å². The van der Waals surface area contributed by atoms with Crippen molar-refractivity contribution in [3.8, 4) is 5.75 Å². The first-order valence-electron chi connectivity index (χ1n) is 10.1. The molecule has 1 heterocycles. The number of hydrogen-bond donors (Lipinski definition) is 1. The summed E-state index contributed by atoms with van der Waals surface area (Å²) in [5.74, 6) is -1.96. The molecule has 2 aromatic rings. The summed E-state index contributed by atoms with van der Waals surface area (Å²) in [5.41, 5.74) is 0.738. The standard InChI is InChI=1S/C22H25F3N2O3S/c1-30-17-10-8-15(9-11-17)12-13-27(21(29)22(23,24)25)19(18-7-4-14-31-18)20(28)26-16-5-2-3-6-16/h4,7-11,14,16,19H,2-3,5-6,12-13H2,1H3,(H,26,28)/t19-/m0/s1. The number of halogens is 3. The van der Waals surface area contributed by atoms with Crippen LogP contribution in [-0.4, -0.2) is 42.6 Å². The fraction of sp³-hybridized carbons (Fsp3) is 0.455. The number of carbonyl (C=O) groups excluding carboxylic acids is 2. The number of carbonyl (C=O) groups is 2. The summed E-state index contributed by atoms with van der Waals surface area (Å²) in [6.07, 6.45) is -1.38. The Morgan fingerprint density at radius 1 is 1.19 bits per heavy atom. The number of amides is 2. The van der Waals surface area contributed by atoms with E-state index in [1.165, 1.54) is 7.11 Å². The summed E-state index contributed by atoms with van der Waals surface area (Å²) in [4.78, 5) is 26.5. The van der Waals surface area contributed by atoms with Gasteiger partial charge in [0, 0.05) is 17.5 Å². The van der Waals surface area contributed by atoms with Crippen molar-refractivity contribution in [3.63, 3.8) is 0 Å². The van der Waals surface area contributed by atoms with Gasteiger partial charge in [0.1, 0.15) is 11.8 Å². The van der Waals surface area contributed by atoms with Crippen molar-refractivity contribution in [1.29, 1.82) is 0 Å². The number of rotatable bonds is 8. The second-order valence-electron chi connectivity index (χ2n) is 7.50. The van der Waals surface area contributed by atoms with Gasteiger partial charge in [-0.2, -0.15) is 13.2 Å². The Kier molecular flexibility index (Phi) is 7.59. The number of nitrogens with zero attached hydrogens (tertiary/aromatic N) is 1. The van der Waals surface area contributed by atoms with E-state index in [0.717, 1.165) is 42.6 Å². The molecule has 0 aliphatic heterocycles. The number of alkyl halides is 3. The molecule has 31 heavy (non-hydrogen) atoms. The van der Waals surface area contributed by atoms with Crippen molar-refractivity contribution >= 4 is 23.2 Å². The number of benzene rings is 1. The van der Waals surface area contributed by atoms with Crippen LogP contribution in [0.25, 0.3) is 0 Å². The Morgan fingerprint density at radius 3 is 2.42 bits per heavy atom. The highest BCUT2D eigenvalue weighted by Crippen LogP contribution is 2.31. The van der Waals surface area contributed by atoms with E-state index in [1.807, 2.05) is 0 Å². The number of methoxy groups -OCH3 is 1. The van der Waals surface area contributed by atoms with E-state index in [9.17, 15) is 22.8 Å². The molecular formula is C22H25F3N2O3S. The SMILES string of the molecule is COc1ccc(CCN(C(=O)C(F)(F)F)[C@H](C(=O)NC2CCCC2)c2cccs2)cc1. The van der Waals surface area contributed by atoms with Gasteiger partial charge in [0.05, 0.1) is 7.11 Å². The Hall–Kier alpha value is -2.55. The van der Waals surface area contributed by atoms with Gasteiger partial charge in [-0.3, -0.25) is 9.59 Å². The summed E-state index contributed by atoms with van der Waals surface area (Å²) < 4.78 is 45.5. The molecule has 0 saturated heterocycles. The van der Waals surface area contributed by atoms with E-state index in [0.29, 0.717) is 15.5 Å². The monoisotopic (exact) mass is 454 g/mol. The third kappa shape index (κ3) is 6.00. The molecule has 0 bridgehead atoms. The van der Waals surface area contributed by atoms with E-state index in [1.54, 1.807) is 41.8 Å². The fourth-order valence-corrected chi connectivity index (χ4v) is 4.61. The summed E-state index contributed by atoms with van der Waals surface area (Å²) >= 11 is 1.16. The lowest BCUT2D eigenvalue weighted by molar-refractivity contribution is -0.188. The highest BCUT2D eigenvalue weighted by molar-refractivity contribution is 7.10. The molecular weight excluding hydrogens is 429 g/mol. The Labute approximate surface area is 183 Å². The molecule has 9 heteroatoms. The predicted molar refractivity (Wildman–Crippen MR) is 112 cm³/mol. The Balaban J connectivity index is 1.86. The zero-order chi connectivity index (χ0) is 22.4. The van der Waals surface area contributed by atoms with Crippen LogP contribution in [0.1, 0.15) is 42.2 Å². The molecule has 1 aliphatic rings. The number of thiophene rings is 1. The van der Waals surface area contributed by atoms with E-state index in [2.05, 4.69) is 5.32 Å². The van der Waals surface area contributed by atoms with Crippen LogP contribution >= 0.6 is 11.3 Å². The lowest BCUT2D eigenvalue weighted by atomic mass is 10.1. The normalized spacial score (nSPS) is 15.5. The third-order valence-electron chi connectivity index (χ3n) is 5.38. The van der Waals surface area contributed by atoms with Crippen LogP contribution in [-0.2, 0) is 16.0 Å². The van der Waals surface area contributed by atoms with Crippen LogP contribution in [0, 0.1) is 0 Å². The highest BCUT2D eigenvalue weighted by atomic mass is 32.1. The van der Waals surface area contributed by atoms with Gasteiger partial charge in [-0.1, -0.05) is 31.0 Å². The summed E-state index contributed by atoms with van der Waals surface area (Å²) in [7, 11) is 1.52. The van der Waals surface area contributed by atoms with Gasteiger partial charge in [-0.05, 0) is 48.4 Å². The van der Waals surface area contributed by atoms with Gasteiger partial charge < -0.3 is 15.0 Å². The lowest BCUT2D eigenvalue weighted by Crippen LogP contribution is -2.50. The molecule has 1 aromatic carbocycles. The molecule has 1 saturated carbocycles. The van der Waals surface area contributed by atoms with Crippen LogP contribution < -0.4 is 10.1 Å². The second kappa shape index (κ2) is 10.2. The van der Waals surface area contributed by atoms with E-state index >= 15 is 0 Å². The molecule has 1 N–H and O–H groups in total. The Morgan fingerprint density at radius 2 is 1.87 bits per heavy atom. The van der Waals surface area contributed by atoms with Gasteiger partial charge in [0.25, 0.3) is 0 Å². The van der Waals surface area contributed by atoms with Crippen LogP contribution in [0.3, 0.4) is 0 Å². The van der Waals surface area contributed by atoms with Gasteiger partial charge in [0.2, 0.25) is 5.91 Å². The van der Waals surface area contributed by atoms with Crippen molar-refractivity contribution < 1.29 is 27.5 Å². The molecule has 1 atom stereocenters. The average molecular weight is 455 g/mol. The molecule has 1 fully saturated rings. The van der Waals surface area contributed by atoms with Crippen molar-refractivity contribution in [2.75, 3.05) is 13.7 Å². The minimum absolute atomic E-state index is 0.0700. The lowest BCUT2D eigenvalue weighted by Gasteiger charge is -2.32. The molecule has 5 nitrogen and oxygen atoms in total. The van der Waals surface area contributed by atoms with Crippen molar-refractivity contribution in [1.82, 2.24) is 10.2 Å². The molecule has 1 aromatic heterocycles. The van der Waals surface area contributed by atoms with Gasteiger partial charge in [0.15, 0.2) is 0 Å². The van der Waals surface area contributed by atoms with Gasteiger partial charge in [-0.15, -0.1) is 11.3 Å². The van der Waals surface area contributed by atoms with Crippen molar-refractivity contribution in [2.45, 2.75) is 50.4 Å². The maximum Gasteiger partial charge on any atom is 0.471 e. The van der Waals surface area contributed by atoms with E-state index in [-0.39, 0.29) is 19.0 Å². The smallest absolute Gasteiger partial charge is 0.471 e. The topological polar surface area (TPSA) is 58.6 Å². The van der Waals surface area contributed by atoms with Crippen LogP contribution in [0.15, 0.2) is 41.8 Å². The second-order valence-corrected chi connectivity index (χ2v) is 8.48.